The smallest absolute Gasteiger partial charge is 0.159 e. The summed E-state index contributed by atoms with van der Waals surface area (Å²) in [5.74, 6) is 0.610. The summed E-state index contributed by atoms with van der Waals surface area (Å²) in [6, 6.07) is 0. The third-order valence-corrected chi connectivity index (χ3v) is 3.10. The Morgan fingerprint density at radius 2 is 2.33 bits per heavy atom. The van der Waals surface area contributed by atoms with E-state index in [0.29, 0.717) is 18.1 Å². The molecule has 0 amide bonds. The lowest BCUT2D eigenvalue weighted by molar-refractivity contribution is -0.116. The monoisotopic (exact) mass is 206 g/mol. The van der Waals surface area contributed by atoms with Crippen molar-refractivity contribution in [1.82, 2.24) is 0 Å². The molecule has 0 N–H and O–H groups in total. The van der Waals surface area contributed by atoms with Crippen molar-refractivity contribution in [2.45, 2.75) is 46.5 Å². The minimum absolute atomic E-state index is 0.209. The summed E-state index contributed by atoms with van der Waals surface area (Å²) in [5, 5.41) is 0. The van der Waals surface area contributed by atoms with Crippen molar-refractivity contribution in [3.8, 4) is 0 Å². The molecule has 15 heavy (non-hydrogen) atoms. The zero-order valence-electron chi connectivity index (χ0n) is 10.2. The predicted molar refractivity (Wildman–Crippen MR) is 64.7 cm³/mol. The standard InChI is InChI=1S/C14H22O/c1-5-11(2)9-13(15)12-7-6-8-14(3,4)10-12/h5,10-11H,1,6-9H2,2-4H3. The highest BCUT2D eigenvalue weighted by molar-refractivity contribution is 5.95. The molecule has 0 fully saturated rings. The molecule has 0 spiro atoms. The second-order valence-corrected chi connectivity index (χ2v) is 5.35. The second-order valence-electron chi connectivity index (χ2n) is 5.35. The van der Waals surface area contributed by atoms with Gasteiger partial charge in [0, 0.05) is 6.42 Å². The molecule has 1 heteroatoms. The molecule has 1 aliphatic rings. The van der Waals surface area contributed by atoms with Crippen LogP contribution < -0.4 is 0 Å². The number of hydrogen-bond donors (Lipinski definition) is 0. The van der Waals surface area contributed by atoms with Crippen molar-refractivity contribution in [1.29, 1.82) is 0 Å². The van der Waals surface area contributed by atoms with Crippen LogP contribution >= 0.6 is 0 Å². The first kappa shape index (κ1) is 12.2. The number of allylic oxidation sites excluding steroid dienone is 3. The van der Waals surface area contributed by atoms with E-state index in [1.165, 1.54) is 6.42 Å². The van der Waals surface area contributed by atoms with Gasteiger partial charge < -0.3 is 0 Å². The molecule has 1 unspecified atom stereocenters. The molecule has 1 aliphatic carbocycles. The van der Waals surface area contributed by atoms with Crippen molar-refractivity contribution in [3.05, 3.63) is 24.3 Å². The fourth-order valence-electron chi connectivity index (χ4n) is 2.08. The molecule has 1 rings (SSSR count). The van der Waals surface area contributed by atoms with E-state index in [1.54, 1.807) is 0 Å². The number of rotatable bonds is 4. The van der Waals surface area contributed by atoms with Crippen LogP contribution in [0.4, 0.5) is 0 Å². The van der Waals surface area contributed by atoms with Crippen LogP contribution in [0.1, 0.15) is 46.5 Å². The maximum atomic E-state index is 11.9. The van der Waals surface area contributed by atoms with E-state index in [4.69, 9.17) is 0 Å². The minimum atomic E-state index is 0.209. The Morgan fingerprint density at radius 1 is 1.67 bits per heavy atom. The largest absolute Gasteiger partial charge is 0.295 e. The van der Waals surface area contributed by atoms with E-state index in [9.17, 15) is 4.79 Å². The fourth-order valence-corrected chi connectivity index (χ4v) is 2.08. The molecule has 1 nitrogen and oxygen atoms in total. The Bertz CT molecular complexity index is 284. The Balaban J connectivity index is 2.67. The minimum Gasteiger partial charge on any atom is -0.295 e. The van der Waals surface area contributed by atoms with Gasteiger partial charge in [-0.2, -0.15) is 0 Å². The van der Waals surface area contributed by atoms with Crippen LogP contribution in [0.25, 0.3) is 0 Å². The normalized spacial score (nSPS) is 21.7. The lowest BCUT2D eigenvalue weighted by Crippen LogP contribution is -2.18. The number of carbonyl (C=O) groups excluding carboxylic acids is 1. The van der Waals surface area contributed by atoms with E-state index in [2.05, 4.69) is 26.5 Å². The van der Waals surface area contributed by atoms with Gasteiger partial charge in [-0.15, -0.1) is 6.58 Å². The van der Waals surface area contributed by atoms with Crippen LogP contribution in [0.15, 0.2) is 24.3 Å². The molecule has 0 heterocycles. The SMILES string of the molecule is C=CC(C)CC(=O)C1=CC(C)(C)CCC1. The van der Waals surface area contributed by atoms with Gasteiger partial charge in [-0.05, 0) is 36.2 Å². The van der Waals surface area contributed by atoms with Crippen LogP contribution in [0.3, 0.4) is 0 Å². The molecule has 0 saturated heterocycles. The van der Waals surface area contributed by atoms with Crippen LogP contribution in [-0.2, 0) is 4.79 Å². The Morgan fingerprint density at radius 3 is 2.87 bits per heavy atom. The number of Topliss-reactive ketones (excluding diaryl/α,β-unsaturated/α-hetero) is 1. The molecule has 0 bridgehead atoms. The summed E-state index contributed by atoms with van der Waals surface area (Å²) in [4.78, 5) is 11.9. The van der Waals surface area contributed by atoms with E-state index in [0.717, 1.165) is 18.4 Å². The molecule has 0 aromatic carbocycles. The Kier molecular flexibility index (Phi) is 3.90. The first-order valence-corrected chi connectivity index (χ1v) is 5.82. The van der Waals surface area contributed by atoms with Crippen molar-refractivity contribution >= 4 is 5.78 Å². The molecular weight excluding hydrogens is 184 g/mol. The maximum Gasteiger partial charge on any atom is 0.159 e. The molecule has 1 atom stereocenters. The molecule has 0 aromatic heterocycles. The van der Waals surface area contributed by atoms with Crippen LogP contribution in [0.5, 0.6) is 0 Å². The van der Waals surface area contributed by atoms with Gasteiger partial charge in [0.25, 0.3) is 0 Å². The summed E-state index contributed by atoms with van der Waals surface area (Å²) >= 11 is 0. The maximum absolute atomic E-state index is 11.9. The lowest BCUT2D eigenvalue weighted by atomic mass is 9.78. The Labute approximate surface area is 93.3 Å². The highest BCUT2D eigenvalue weighted by atomic mass is 16.1. The summed E-state index contributed by atoms with van der Waals surface area (Å²) < 4.78 is 0. The number of hydrogen-bond acceptors (Lipinski definition) is 1. The molecule has 0 radical (unpaired) electrons. The number of ketones is 1. The van der Waals surface area contributed by atoms with E-state index >= 15 is 0 Å². The lowest BCUT2D eigenvalue weighted by Gasteiger charge is -2.27. The van der Waals surface area contributed by atoms with Gasteiger partial charge >= 0.3 is 0 Å². The summed E-state index contributed by atoms with van der Waals surface area (Å²) in [5.41, 5.74) is 1.25. The summed E-state index contributed by atoms with van der Waals surface area (Å²) in [6.07, 6.45) is 7.95. The van der Waals surface area contributed by atoms with Crippen molar-refractivity contribution < 1.29 is 4.79 Å². The van der Waals surface area contributed by atoms with Crippen molar-refractivity contribution in [2.24, 2.45) is 11.3 Å². The highest BCUT2D eigenvalue weighted by Gasteiger charge is 2.23. The van der Waals surface area contributed by atoms with Crippen LogP contribution in [0, 0.1) is 11.3 Å². The van der Waals surface area contributed by atoms with E-state index in [1.807, 2.05) is 13.0 Å². The van der Waals surface area contributed by atoms with Gasteiger partial charge in [-0.1, -0.05) is 32.9 Å². The zero-order valence-corrected chi connectivity index (χ0v) is 10.2. The van der Waals surface area contributed by atoms with Crippen molar-refractivity contribution in [2.75, 3.05) is 0 Å². The first-order valence-electron chi connectivity index (χ1n) is 5.82. The van der Waals surface area contributed by atoms with Crippen LogP contribution in [-0.4, -0.2) is 5.78 Å². The average molecular weight is 206 g/mol. The Hall–Kier alpha value is -0.850. The topological polar surface area (TPSA) is 17.1 Å². The highest BCUT2D eigenvalue weighted by Crippen LogP contribution is 2.33. The van der Waals surface area contributed by atoms with Gasteiger partial charge in [0.05, 0.1) is 0 Å². The first-order chi connectivity index (χ1) is 6.94. The third-order valence-electron chi connectivity index (χ3n) is 3.10. The quantitative estimate of drug-likeness (QED) is 0.637. The molecule has 84 valence electrons. The van der Waals surface area contributed by atoms with Gasteiger partial charge in [0.1, 0.15) is 0 Å². The predicted octanol–water partition coefficient (Wildman–Crippen LogP) is 3.90. The zero-order chi connectivity index (χ0) is 11.5. The van der Waals surface area contributed by atoms with Gasteiger partial charge in [-0.25, -0.2) is 0 Å². The molecule has 0 aliphatic heterocycles. The molecular formula is C14H22O. The third kappa shape index (κ3) is 3.65. The fraction of sp³-hybridized carbons (Fsp3) is 0.643. The van der Waals surface area contributed by atoms with Crippen LogP contribution in [0.2, 0.25) is 0 Å². The van der Waals surface area contributed by atoms with Crippen molar-refractivity contribution in [3.63, 3.8) is 0 Å². The van der Waals surface area contributed by atoms with E-state index in [-0.39, 0.29) is 5.41 Å². The van der Waals surface area contributed by atoms with Gasteiger partial charge in [-0.3, -0.25) is 4.79 Å². The summed E-state index contributed by atoms with van der Waals surface area (Å²) in [6.45, 7) is 10.2. The molecule has 0 saturated carbocycles. The van der Waals surface area contributed by atoms with Gasteiger partial charge in [0.15, 0.2) is 5.78 Å². The number of carbonyl (C=O) groups is 1. The summed E-state index contributed by atoms with van der Waals surface area (Å²) in [7, 11) is 0. The second kappa shape index (κ2) is 4.78. The molecule has 0 aromatic rings. The van der Waals surface area contributed by atoms with E-state index < -0.39 is 0 Å². The van der Waals surface area contributed by atoms with Gasteiger partial charge in [0.2, 0.25) is 0 Å². The average Bonchev–Trinajstić information content (AvgIpc) is 2.16.